The second-order valence-corrected chi connectivity index (χ2v) is 8.82. The van der Waals surface area contributed by atoms with Gasteiger partial charge in [0.05, 0.1) is 25.4 Å². The van der Waals surface area contributed by atoms with E-state index in [9.17, 15) is 9.59 Å². The number of hydrogen-bond donors (Lipinski definition) is 1. The zero-order chi connectivity index (χ0) is 23.5. The minimum atomic E-state index is -0.251. The predicted molar refractivity (Wildman–Crippen MR) is 127 cm³/mol. The molecule has 0 unspecified atom stereocenters. The van der Waals surface area contributed by atoms with E-state index in [2.05, 4.69) is 5.32 Å². The van der Waals surface area contributed by atoms with Gasteiger partial charge in [0.2, 0.25) is 0 Å². The molecule has 2 heterocycles. The Kier molecular flexibility index (Phi) is 6.43. The number of carbonyl (C=O) groups is 2. The fourth-order valence-corrected chi connectivity index (χ4v) is 4.66. The Morgan fingerprint density at radius 1 is 0.882 bits per heavy atom. The molecule has 1 amide bonds. The van der Waals surface area contributed by atoms with Gasteiger partial charge in [-0.25, -0.2) is 0 Å². The third-order valence-electron chi connectivity index (χ3n) is 6.44. The summed E-state index contributed by atoms with van der Waals surface area (Å²) < 4.78 is 17.8. The lowest BCUT2D eigenvalue weighted by molar-refractivity contribution is 0.0591. The molecule has 0 saturated carbocycles. The van der Waals surface area contributed by atoms with E-state index in [-0.39, 0.29) is 35.9 Å². The summed E-state index contributed by atoms with van der Waals surface area (Å²) in [5.74, 6) is 1.16. The predicted octanol–water partition coefficient (Wildman–Crippen LogP) is 4.57. The summed E-state index contributed by atoms with van der Waals surface area (Å²) in [5, 5.41) is 3.05. The molecular formula is C28H27NO5. The van der Waals surface area contributed by atoms with E-state index < -0.39 is 0 Å². The summed E-state index contributed by atoms with van der Waals surface area (Å²) >= 11 is 0. The first-order chi connectivity index (χ1) is 16.6. The van der Waals surface area contributed by atoms with Crippen molar-refractivity contribution in [2.45, 2.75) is 31.6 Å². The Bertz CT molecular complexity index is 1180. The van der Waals surface area contributed by atoms with Crippen LogP contribution in [-0.4, -0.2) is 43.2 Å². The van der Waals surface area contributed by atoms with Crippen molar-refractivity contribution in [3.8, 4) is 11.5 Å². The van der Waals surface area contributed by atoms with Crippen LogP contribution >= 0.6 is 0 Å². The monoisotopic (exact) mass is 457 g/mol. The number of ether oxygens (including phenoxy) is 3. The lowest BCUT2D eigenvalue weighted by Crippen LogP contribution is -2.44. The van der Waals surface area contributed by atoms with Gasteiger partial charge in [0, 0.05) is 23.5 Å². The maximum absolute atomic E-state index is 13.0. The van der Waals surface area contributed by atoms with Crippen LogP contribution in [0, 0.1) is 12.8 Å². The Balaban J connectivity index is 1.20. The smallest absolute Gasteiger partial charge is 0.251 e. The molecule has 3 aromatic carbocycles. The van der Waals surface area contributed by atoms with Gasteiger partial charge in [-0.2, -0.15) is 0 Å². The van der Waals surface area contributed by atoms with Crippen molar-refractivity contribution < 1.29 is 23.8 Å². The lowest BCUT2D eigenvalue weighted by atomic mass is 9.92. The fourth-order valence-electron chi connectivity index (χ4n) is 4.66. The number of para-hydroxylation sites is 1. The van der Waals surface area contributed by atoms with Crippen molar-refractivity contribution in [3.63, 3.8) is 0 Å². The van der Waals surface area contributed by atoms with Crippen molar-refractivity contribution in [2.75, 3.05) is 13.2 Å². The molecular weight excluding hydrogens is 430 g/mol. The van der Waals surface area contributed by atoms with Crippen molar-refractivity contribution in [2.24, 2.45) is 5.92 Å². The molecule has 2 aliphatic heterocycles. The zero-order valence-corrected chi connectivity index (χ0v) is 19.0. The van der Waals surface area contributed by atoms with E-state index in [0.29, 0.717) is 36.5 Å². The molecule has 6 heteroatoms. The van der Waals surface area contributed by atoms with Crippen LogP contribution in [0.2, 0.25) is 0 Å². The average molecular weight is 458 g/mol. The summed E-state index contributed by atoms with van der Waals surface area (Å²) in [7, 11) is 0. The average Bonchev–Trinajstić information content (AvgIpc) is 3.43. The van der Waals surface area contributed by atoms with Crippen LogP contribution in [-0.2, 0) is 9.47 Å². The molecule has 3 aromatic rings. The Labute approximate surface area is 198 Å². The molecule has 0 spiro atoms. The highest BCUT2D eigenvalue weighted by Gasteiger charge is 2.48. The van der Waals surface area contributed by atoms with Crippen LogP contribution in [0.4, 0.5) is 0 Å². The molecule has 0 aromatic heterocycles. The third-order valence-corrected chi connectivity index (χ3v) is 6.44. The van der Waals surface area contributed by atoms with Crippen molar-refractivity contribution in [3.05, 3.63) is 95.6 Å². The lowest BCUT2D eigenvalue weighted by Gasteiger charge is -2.18. The fraction of sp³-hybridized carbons (Fsp3) is 0.286. The van der Waals surface area contributed by atoms with Gasteiger partial charge < -0.3 is 19.5 Å². The minimum Gasteiger partial charge on any atom is -0.457 e. The summed E-state index contributed by atoms with van der Waals surface area (Å²) in [5.41, 5.74) is 2.16. The van der Waals surface area contributed by atoms with Gasteiger partial charge in [0.1, 0.15) is 17.6 Å². The first kappa shape index (κ1) is 22.3. The van der Waals surface area contributed by atoms with E-state index in [4.69, 9.17) is 14.2 Å². The normalized spacial score (nSPS) is 23.3. The quantitative estimate of drug-likeness (QED) is 0.526. The van der Waals surface area contributed by atoms with E-state index >= 15 is 0 Å². The van der Waals surface area contributed by atoms with E-state index in [1.54, 1.807) is 12.1 Å². The van der Waals surface area contributed by atoms with Crippen molar-refractivity contribution in [1.82, 2.24) is 5.32 Å². The van der Waals surface area contributed by atoms with Crippen LogP contribution in [0.3, 0.4) is 0 Å². The third kappa shape index (κ3) is 4.74. The molecule has 4 atom stereocenters. The molecule has 0 radical (unpaired) electrons. The first-order valence-electron chi connectivity index (χ1n) is 11.5. The Hall–Kier alpha value is -3.48. The maximum Gasteiger partial charge on any atom is 0.251 e. The van der Waals surface area contributed by atoms with E-state index in [0.717, 1.165) is 11.3 Å². The SMILES string of the molecule is Cc1ccccc1C(=O)N[C@H]1CO[C@@H]2[C@@H](CC(=O)c3cccc(Oc4ccccc4)c3)CO[C@@H]21. The van der Waals surface area contributed by atoms with Crippen molar-refractivity contribution in [1.29, 1.82) is 0 Å². The number of rotatable bonds is 7. The summed E-state index contributed by atoms with van der Waals surface area (Å²) in [6.45, 7) is 2.71. The van der Waals surface area contributed by atoms with E-state index in [1.807, 2.05) is 73.7 Å². The highest BCUT2D eigenvalue weighted by atomic mass is 16.6. The van der Waals surface area contributed by atoms with Gasteiger partial charge in [0.25, 0.3) is 5.91 Å². The van der Waals surface area contributed by atoms with Gasteiger partial charge in [-0.1, -0.05) is 48.5 Å². The summed E-state index contributed by atoms with van der Waals surface area (Å²) in [6.07, 6.45) is -0.151. The number of carbonyl (C=O) groups excluding carboxylic acids is 2. The Morgan fingerprint density at radius 2 is 1.62 bits per heavy atom. The first-order valence-corrected chi connectivity index (χ1v) is 11.5. The van der Waals surface area contributed by atoms with Crippen LogP contribution in [0.1, 0.15) is 32.7 Å². The molecule has 34 heavy (non-hydrogen) atoms. The van der Waals surface area contributed by atoms with Crippen LogP contribution in [0.25, 0.3) is 0 Å². The Morgan fingerprint density at radius 3 is 2.44 bits per heavy atom. The number of ketones is 1. The molecule has 0 bridgehead atoms. The highest BCUT2D eigenvalue weighted by molar-refractivity contribution is 5.97. The second-order valence-electron chi connectivity index (χ2n) is 8.82. The van der Waals surface area contributed by atoms with Crippen molar-refractivity contribution >= 4 is 11.7 Å². The van der Waals surface area contributed by atoms with Gasteiger partial charge in [0.15, 0.2) is 5.78 Å². The molecule has 6 nitrogen and oxygen atoms in total. The number of Topliss-reactive ketones (excluding diaryl/α,β-unsaturated/α-hetero) is 1. The number of fused-ring (bicyclic) bond motifs is 1. The van der Waals surface area contributed by atoms with Gasteiger partial charge in [-0.05, 0) is 42.8 Å². The largest absolute Gasteiger partial charge is 0.457 e. The number of hydrogen-bond acceptors (Lipinski definition) is 5. The van der Waals surface area contributed by atoms with Crippen LogP contribution < -0.4 is 10.1 Å². The maximum atomic E-state index is 13.0. The molecule has 1 N–H and O–H groups in total. The van der Waals surface area contributed by atoms with E-state index in [1.165, 1.54) is 0 Å². The molecule has 2 aliphatic rings. The highest BCUT2D eigenvalue weighted by Crippen LogP contribution is 2.34. The molecule has 5 rings (SSSR count). The summed E-state index contributed by atoms with van der Waals surface area (Å²) in [4.78, 5) is 25.8. The number of amides is 1. The van der Waals surface area contributed by atoms with Gasteiger partial charge in [-0.3, -0.25) is 9.59 Å². The number of nitrogens with one attached hydrogen (secondary N) is 1. The van der Waals surface area contributed by atoms with Crippen LogP contribution in [0.5, 0.6) is 11.5 Å². The van der Waals surface area contributed by atoms with Crippen LogP contribution in [0.15, 0.2) is 78.9 Å². The number of benzene rings is 3. The molecule has 2 fully saturated rings. The summed E-state index contributed by atoms with van der Waals surface area (Å²) in [6, 6.07) is 23.9. The standard InChI is InChI=1S/C28H27NO5/c1-18-8-5-6-13-23(18)28(31)29-24-17-33-26-20(16-32-27(24)26)15-25(30)19-9-7-12-22(14-19)34-21-10-3-2-4-11-21/h2-14,20,24,26-27H,15-17H2,1H3,(H,29,31)/t20-,24-,26+,27+/m0/s1. The molecule has 174 valence electrons. The molecule has 0 aliphatic carbocycles. The topological polar surface area (TPSA) is 73.9 Å². The number of aryl methyl sites for hydroxylation is 1. The zero-order valence-electron chi connectivity index (χ0n) is 19.0. The van der Waals surface area contributed by atoms with Gasteiger partial charge in [-0.15, -0.1) is 0 Å². The minimum absolute atomic E-state index is 0.0174. The molecule has 2 saturated heterocycles. The van der Waals surface area contributed by atoms with Gasteiger partial charge >= 0.3 is 0 Å². The second kappa shape index (κ2) is 9.79.